The number of phenols is 1. The molecule has 43 heavy (non-hydrogen) atoms. The Morgan fingerprint density at radius 3 is 2.81 bits per heavy atom. The number of aromatic hydroxyl groups is 1. The van der Waals surface area contributed by atoms with Gasteiger partial charge in [0.2, 0.25) is 5.88 Å². The SMILES string of the molecule is CCc1c(F)ccc2cc(O)cc(-c3nc4c5c(nc(OC[C@@]67CCCN6C[C@H](F)C7)nc5c3F)N(CCO)CCO4)c12. The Morgan fingerprint density at radius 2 is 2.00 bits per heavy atom. The first-order chi connectivity index (χ1) is 20.8. The lowest BCUT2D eigenvalue weighted by molar-refractivity contribution is 0.107. The number of halogens is 3. The van der Waals surface area contributed by atoms with E-state index in [9.17, 15) is 19.0 Å². The third-order valence-corrected chi connectivity index (χ3v) is 8.97. The minimum absolute atomic E-state index is 0.0796. The van der Waals surface area contributed by atoms with Crippen LogP contribution in [0.25, 0.3) is 32.9 Å². The molecule has 2 saturated heterocycles. The van der Waals surface area contributed by atoms with Gasteiger partial charge in [-0.25, -0.2) is 18.2 Å². The van der Waals surface area contributed by atoms with Crippen LogP contribution in [0.4, 0.5) is 19.0 Å². The molecule has 0 bridgehead atoms. The average molecular weight is 596 g/mol. The first-order valence-electron chi connectivity index (χ1n) is 14.7. The van der Waals surface area contributed by atoms with Crippen LogP contribution < -0.4 is 14.4 Å². The van der Waals surface area contributed by atoms with Crippen molar-refractivity contribution in [3.63, 3.8) is 0 Å². The fraction of sp³-hybridized carbons (Fsp3) is 0.452. The summed E-state index contributed by atoms with van der Waals surface area (Å²) in [5, 5.41) is 21.5. The summed E-state index contributed by atoms with van der Waals surface area (Å²) >= 11 is 0. The Morgan fingerprint density at radius 1 is 1.14 bits per heavy atom. The van der Waals surface area contributed by atoms with Crippen molar-refractivity contribution in [1.82, 2.24) is 19.9 Å². The fourth-order valence-electron chi connectivity index (χ4n) is 7.06. The van der Waals surface area contributed by atoms with Gasteiger partial charge in [-0.3, -0.25) is 4.90 Å². The molecular formula is C31H32F3N5O4. The lowest BCUT2D eigenvalue weighted by atomic mass is 9.94. The second-order valence-electron chi connectivity index (χ2n) is 11.5. The summed E-state index contributed by atoms with van der Waals surface area (Å²) in [6, 6.07) is 5.63. The highest BCUT2D eigenvalue weighted by molar-refractivity contribution is 6.03. The molecule has 7 rings (SSSR count). The topological polar surface area (TPSA) is 104 Å². The predicted molar refractivity (Wildman–Crippen MR) is 155 cm³/mol. The van der Waals surface area contributed by atoms with Crippen LogP contribution in [-0.2, 0) is 6.42 Å². The number of pyridine rings is 1. The molecule has 2 atom stereocenters. The highest BCUT2D eigenvalue weighted by Crippen LogP contribution is 2.44. The van der Waals surface area contributed by atoms with Crippen molar-refractivity contribution in [3.8, 4) is 28.9 Å². The highest BCUT2D eigenvalue weighted by atomic mass is 19.1. The third kappa shape index (κ3) is 4.58. The molecule has 2 fully saturated rings. The number of rotatable bonds is 7. The quantitative estimate of drug-likeness (QED) is 0.319. The van der Waals surface area contributed by atoms with Gasteiger partial charge in [-0.15, -0.1) is 0 Å². The van der Waals surface area contributed by atoms with Gasteiger partial charge in [-0.1, -0.05) is 13.0 Å². The van der Waals surface area contributed by atoms with Crippen molar-refractivity contribution in [2.24, 2.45) is 0 Å². The van der Waals surface area contributed by atoms with Crippen LogP contribution >= 0.6 is 0 Å². The number of phenolic OH excluding ortho intramolecular Hbond substituents is 1. The maximum absolute atomic E-state index is 16.7. The molecule has 9 nitrogen and oxygen atoms in total. The average Bonchev–Trinajstić information content (AvgIpc) is 3.45. The molecule has 0 unspecified atom stereocenters. The standard InChI is InChI=1S/C31H32F3N5O4/c1-2-20-22(33)5-4-17-12-19(41)13-21(23(17)20)26-25(34)27-24-28(38(8-10-40)9-11-42-29(24)35-26)37-30(36-27)43-16-31-6-3-7-39(31)15-18(32)14-31/h4-5,12-13,18,40-41H,2-3,6-11,14-16H2,1H3/t18-,31+/m1/s1. The summed E-state index contributed by atoms with van der Waals surface area (Å²) in [5.74, 6) is -1.01. The van der Waals surface area contributed by atoms with Gasteiger partial charge < -0.3 is 24.6 Å². The van der Waals surface area contributed by atoms with Gasteiger partial charge in [-0.2, -0.15) is 9.97 Å². The van der Waals surface area contributed by atoms with Crippen molar-refractivity contribution < 1.29 is 32.9 Å². The summed E-state index contributed by atoms with van der Waals surface area (Å²) in [6.45, 7) is 3.64. The number of ether oxygens (including phenoxy) is 2. The van der Waals surface area contributed by atoms with Gasteiger partial charge in [0.05, 0.1) is 18.7 Å². The van der Waals surface area contributed by atoms with E-state index < -0.39 is 23.3 Å². The maximum Gasteiger partial charge on any atom is 0.319 e. The van der Waals surface area contributed by atoms with Crippen LogP contribution in [0.1, 0.15) is 31.7 Å². The maximum atomic E-state index is 16.7. The molecule has 0 aliphatic carbocycles. The molecule has 5 heterocycles. The van der Waals surface area contributed by atoms with E-state index >= 15 is 4.39 Å². The van der Waals surface area contributed by atoms with Gasteiger partial charge in [0.15, 0.2) is 5.82 Å². The molecule has 2 aromatic heterocycles. The van der Waals surface area contributed by atoms with Crippen molar-refractivity contribution in [1.29, 1.82) is 0 Å². The zero-order valence-electron chi connectivity index (χ0n) is 23.7. The van der Waals surface area contributed by atoms with Gasteiger partial charge in [0.25, 0.3) is 0 Å². The number of aromatic nitrogens is 3. The zero-order valence-corrected chi connectivity index (χ0v) is 23.7. The van der Waals surface area contributed by atoms with Crippen molar-refractivity contribution in [2.75, 3.05) is 50.9 Å². The number of anilines is 1. The van der Waals surface area contributed by atoms with E-state index in [0.29, 0.717) is 48.1 Å². The smallest absolute Gasteiger partial charge is 0.319 e. The number of hydrogen-bond acceptors (Lipinski definition) is 9. The Bertz CT molecular complexity index is 1740. The molecule has 0 radical (unpaired) electrons. The second-order valence-corrected chi connectivity index (χ2v) is 11.5. The van der Waals surface area contributed by atoms with Crippen molar-refractivity contribution in [3.05, 3.63) is 41.5 Å². The van der Waals surface area contributed by atoms with Crippen LogP contribution in [0.5, 0.6) is 17.6 Å². The van der Waals surface area contributed by atoms with Gasteiger partial charge in [0.1, 0.15) is 53.4 Å². The largest absolute Gasteiger partial charge is 0.508 e. The minimum Gasteiger partial charge on any atom is -0.508 e. The zero-order chi connectivity index (χ0) is 29.9. The molecule has 3 aliphatic heterocycles. The Hall–Kier alpha value is -3.90. The van der Waals surface area contributed by atoms with Crippen molar-refractivity contribution >= 4 is 27.5 Å². The molecule has 0 saturated carbocycles. The summed E-state index contributed by atoms with van der Waals surface area (Å²) < 4.78 is 58.2. The molecule has 0 amide bonds. The number of aryl methyl sites for hydroxylation is 1. The molecule has 4 aromatic rings. The van der Waals surface area contributed by atoms with Crippen LogP contribution in [0.2, 0.25) is 0 Å². The van der Waals surface area contributed by atoms with E-state index in [4.69, 9.17) is 9.47 Å². The molecule has 0 spiro atoms. The molecule has 2 N–H and O–H groups in total. The predicted octanol–water partition coefficient (Wildman–Crippen LogP) is 4.54. The van der Waals surface area contributed by atoms with Crippen molar-refractivity contribution in [2.45, 2.75) is 44.3 Å². The Balaban J connectivity index is 1.42. The van der Waals surface area contributed by atoms with Gasteiger partial charge in [0, 0.05) is 25.1 Å². The normalized spacial score (nSPS) is 21.8. The summed E-state index contributed by atoms with van der Waals surface area (Å²) in [4.78, 5) is 17.5. The number of alkyl halides is 1. The second kappa shape index (κ2) is 10.7. The molecule has 2 aromatic carbocycles. The van der Waals surface area contributed by atoms with Crippen LogP contribution in [-0.4, -0.2) is 87.8 Å². The first kappa shape index (κ1) is 27.9. The van der Waals surface area contributed by atoms with Crippen LogP contribution in [0, 0.1) is 11.6 Å². The van der Waals surface area contributed by atoms with Gasteiger partial charge in [-0.05, 0) is 60.3 Å². The Kier molecular flexibility index (Phi) is 6.93. The number of β-amino-alcohol motifs (C(OH)–C–C–N with tert-alkyl or cyclic N) is 1. The summed E-state index contributed by atoms with van der Waals surface area (Å²) in [5.41, 5.74) is -0.179. The number of benzene rings is 2. The summed E-state index contributed by atoms with van der Waals surface area (Å²) in [7, 11) is 0. The molecule has 3 aliphatic rings. The number of hydrogen-bond donors (Lipinski definition) is 2. The van der Waals surface area contributed by atoms with Gasteiger partial charge >= 0.3 is 6.01 Å². The van der Waals surface area contributed by atoms with Crippen LogP contribution in [0.3, 0.4) is 0 Å². The highest BCUT2D eigenvalue weighted by Gasteiger charge is 2.49. The van der Waals surface area contributed by atoms with E-state index in [1.165, 1.54) is 24.3 Å². The summed E-state index contributed by atoms with van der Waals surface area (Å²) in [6.07, 6.45) is 1.47. The van der Waals surface area contributed by atoms with E-state index in [0.717, 1.165) is 19.4 Å². The lowest BCUT2D eigenvalue weighted by Gasteiger charge is -2.31. The van der Waals surface area contributed by atoms with Crippen LogP contribution in [0.15, 0.2) is 24.3 Å². The minimum atomic E-state index is -0.938. The number of aliphatic hydroxyl groups is 1. The van der Waals surface area contributed by atoms with E-state index in [-0.39, 0.29) is 66.2 Å². The third-order valence-electron chi connectivity index (χ3n) is 8.97. The Labute approximate surface area is 245 Å². The molecule has 226 valence electrons. The van der Waals surface area contributed by atoms with E-state index in [1.54, 1.807) is 11.8 Å². The number of aliphatic hydroxyl groups excluding tert-OH is 1. The van der Waals surface area contributed by atoms with E-state index in [1.807, 2.05) is 0 Å². The molecular weight excluding hydrogens is 563 g/mol. The fourth-order valence-corrected chi connectivity index (χ4v) is 7.06. The first-order valence-corrected chi connectivity index (χ1v) is 14.7. The van der Waals surface area contributed by atoms with E-state index in [2.05, 4.69) is 19.9 Å². The monoisotopic (exact) mass is 595 g/mol. The molecule has 12 heteroatoms. The lowest BCUT2D eigenvalue weighted by Crippen LogP contribution is -2.43. The number of fused-ring (bicyclic) bond motifs is 2. The number of nitrogens with zero attached hydrogens (tertiary/aromatic N) is 5.